The van der Waals surface area contributed by atoms with Crippen LogP contribution in [0, 0.1) is 23.7 Å². The zero-order valence-corrected chi connectivity index (χ0v) is 23.1. The van der Waals surface area contributed by atoms with E-state index in [0.717, 1.165) is 36.1 Å². The van der Waals surface area contributed by atoms with Gasteiger partial charge in [0.2, 0.25) is 0 Å². The van der Waals surface area contributed by atoms with Crippen molar-refractivity contribution in [3.8, 4) is 35.2 Å². The Balaban J connectivity index is 1.07. The molecule has 206 valence electrons. The van der Waals surface area contributed by atoms with Crippen LogP contribution in [0.5, 0.6) is 11.5 Å². The molecule has 41 heavy (non-hydrogen) atoms. The van der Waals surface area contributed by atoms with Gasteiger partial charge < -0.3 is 19.1 Å². The van der Waals surface area contributed by atoms with E-state index in [1.807, 2.05) is 77.9 Å². The van der Waals surface area contributed by atoms with Crippen molar-refractivity contribution < 1.29 is 19.0 Å². The van der Waals surface area contributed by atoms with Crippen molar-refractivity contribution in [2.24, 2.45) is 4.99 Å². The van der Waals surface area contributed by atoms with Crippen molar-refractivity contribution in [3.63, 3.8) is 0 Å². The summed E-state index contributed by atoms with van der Waals surface area (Å²) in [5.41, 5.74) is 3.96. The molecule has 0 spiro atoms. The molecule has 0 unspecified atom stereocenters. The molecule has 1 amide bonds. The Morgan fingerprint density at radius 2 is 1.73 bits per heavy atom. The highest BCUT2D eigenvalue weighted by molar-refractivity contribution is 6.03. The summed E-state index contributed by atoms with van der Waals surface area (Å²) < 4.78 is 17.1. The second-order valence-corrected chi connectivity index (χ2v) is 9.58. The van der Waals surface area contributed by atoms with Gasteiger partial charge in [-0.15, -0.1) is 0 Å². The van der Waals surface area contributed by atoms with Crippen LogP contribution in [0.3, 0.4) is 0 Å². The van der Waals surface area contributed by atoms with Gasteiger partial charge in [0.15, 0.2) is 11.5 Å². The molecule has 0 radical (unpaired) electrons. The van der Waals surface area contributed by atoms with Gasteiger partial charge in [-0.3, -0.25) is 9.79 Å². The first-order valence-electron chi connectivity index (χ1n) is 13.8. The molecule has 6 nitrogen and oxygen atoms in total. The molecule has 3 aromatic carbocycles. The van der Waals surface area contributed by atoms with Gasteiger partial charge in [-0.2, -0.15) is 0 Å². The van der Waals surface area contributed by atoms with E-state index in [9.17, 15) is 4.79 Å². The lowest BCUT2D eigenvalue weighted by molar-refractivity contribution is 0.0774. The molecule has 0 aromatic heterocycles. The molecule has 2 aliphatic rings. The smallest absolute Gasteiger partial charge is 0.256 e. The van der Waals surface area contributed by atoms with Gasteiger partial charge in [-0.05, 0) is 49.2 Å². The molecule has 0 aliphatic carbocycles. The van der Waals surface area contributed by atoms with Gasteiger partial charge in [-0.25, -0.2) is 0 Å². The van der Waals surface area contributed by atoms with Crippen molar-refractivity contribution in [1.82, 2.24) is 4.90 Å². The fourth-order valence-electron chi connectivity index (χ4n) is 4.69. The standard InChI is InChI=1S/C35H32N2O4/c1-39-33-24-31-32(36-26-30-17-11-20-37(30)35(31)38)25-34(33)41-23-10-9-22-40-21-8-7-16-28-14-5-6-15-29(28)19-18-27-12-3-2-4-13-27/h2-6,9-10,12-15,24-26,30H,8,11,17,20-23H2,1H3/b10-9-/t30-/m0/s1. The van der Waals surface area contributed by atoms with E-state index in [0.29, 0.717) is 49.0 Å². The molecule has 6 heteroatoms. The van der Waals surface area contributed by atoms with E-state index in [1.165, 1.54) is 0 Å². The number of nitrogens with zero attached hydrogens (tertiary/aromatic N) is 2. The molecule has 0 bridgehead atoms. The van der Waals surface area contributed by atoms with Crippen LogP contribution < -0.4 is 9.47 Å². The Morgan fingerprint density at radius 1 is 0.951 bits per heavy atom. The average molecular weight is 545 g/mol. The number of rotatable bonds is 8. The highest BCUT2D eigenvalue weighted by Gasteiger charge is 2.32. The van der Waals surface area contributed by atoms with Crippen LogP contribution in [0.2, 0.25) is 0 Å². The monoisotopic (exact) mass is 544 g/mol. The third kappa shape index (κ3) is 7.25. The Morgan fingerprint density at radius 3 is 2.56 bits per heavy atom. The van der Waals surface area contributed by atoms with E-state index >= 15 is 0 Å². The summed E-state index contributed by atoms with van der Waals surface area (Å²) in [6.07, 6.45) is 8.24. The van der Waals surface area contributed by atoms with Crippen LogP contribution in [0.4, 0.5) is 5.69 Å². The fraction of sp³-hybridized carbons (Fsp3) is 0.257. The molecule has 0 saturated carbocycles. The van der Waals surface area contributed by atoms with Gasteiger partial charge in [0.1, 0.15) is 6.61 Å². The SMILES string of the molecule is COc1cc2c(cc1OC/C=C\COCCC#Cc1ccccc1C#Cc1ccccc1)N=C[C@@H]1CCCN1C2=O. The second-order valence-electron chi connectivity index (χ2n) is 9.58. The minimum absolute atomic E-state index is 0.00692. The number of hydrogen-bond donors (Lipinski definition) is 0. The normalized spacial score (nSPS) is 15.3. The number of benzene rings is 3. The van der Waals surface area contributed by atoms with Gasteiger partial charge in [0.25, 0.3) is 5.91 Å². The topological polar surface area (TPSA) is 60.4 Å². The maximum atomic E-state index is 13.0. The third-order valence-corrected chi connectivity index (χ3v) is 6.81. The third-order valence-electron chi connectivity index (χ3n) is 6.81. The zero-order valence-electron chi connectivity index (χ0n) is 23.1. The Hall–Kier alpha value is -4.78. The summed E-state index contributed by atoms with van der Waals surface area (Å²) in [7, 11) is 1.57. The number of carbonyl (C=O) groups is 1. The van der Waals surface area contributed by atoms with E-state index in [-0.39, 0.29) is 11.9 Å². The van der Waals surface area contributed by atoms with Crippen LogP contribution in [0.15, 0.2) is 83.9 Å². The molecule has 2 heterocycles. The fourth-order valence-corrected chi connectivity index (χ4v) is 4.69. The summed E-state index contributed by atoms with van der Waals surface area (Å²) in [5, 5.41) is 0. The van der Waals surface area contributed by atoms with Gasteiger partial charge in [0, 0.05) is 41.9 Å². The van der Waals surface area contributed by atoms with Crippen molar-refractivity contribution in [3.05, 3.63) is 101 Å². The minimum Gasteiger partial charge on any atom is -0.493 e. The van der Waals surface area contributed by atoms with Crippen molar-refractivity contribution in [2.75, 3.05) is 33.5 Å². The molecule has 0 N–H and O–H groups in total. The van der Waals surface area contributed by atoms with Crippen molar-refractivity contribution >= 4 is 17.8 Å². The van der Waals surface area contributed by atoms with E-state index in [4.69, 9.17) is 14.2 Å². The van der Waals surface area contributed by atoms with Gasteiger partial charge in [-0.1, -0.05) is 60.1 Å². The molecule has 1 saturated heterocycles. The summed E-state index contributed by atoms with van der Waals surface area (Å²) >= 11 is 0. The Bertz CT molecular complexity index is 1550. The molecule has 2 aliphatic heterocycles. The first-order chi connectivity index (χ1) is 20.2. The summed E-state index contributed by atoms with van der Waals surface area (Å²) in [5.74, 6) is 13.9. The summed E-state index contributed by atoms with van der Waals surface area (Å²) in [6, 6.07) is 21.4. The molecule has 1 fully saturated rings. The second kappa shape index (κ2) is 14.0. The quantitative estimate of drug-likeness (QED) is 0.204. The van der Waals surface area contributed by atoms with E-state index < -0.39 is 0 Å². The first kappa shape index (κ1) is 27.8. The lowest BCUT2D eigenvalue weighted by Gasteiger charge is -2.20. The first-order valence-corrected chi connectivity index (χ1v) is 13.8. The predicted octanol–water partition coefficient (Wildman–Crippen LogP) is 5.81. The minimum atomic E-state index is -0.00692. The summed E-state index contributed by atoms with van der Waals surface area (Å²) in [6.45, 7) is 2.08. The van der Waals surface area contributed by atoms with Gasteiger partial charge in [0.05, 0.1) is 37.6 Å². The lowest BCUT2D eigenvalue weighted by Crippen LogP contribution is -2.35. The van der Waals surface area contributed by atoms with Crippen molar-refractivity contribution in [1.29, 1.82) is 0 Å². The van der Waals surface area contributed by atoms with Crippen LogP contribution in [-0.2, 0) is 4.74 Å². The summed E-state index contributed by atoms with van der Waals surface area (Å²) in [4.78, 5) is 19.5. The average Bonchev–Trinajstić information content (AvgIpc) is 3.44. The van der Waals surface area contributed by atoms with E-state index in [1.54, 1.807) is 19.2 Å². The van der Waals surface area contributed by atoms with Crippen molar-refractivity contribution in [2.45, 2.75) is 25.3 Å². The number of methoxy groups -OCH3 is 1. The Labute approximate surface area is 241 Å². The van der Waals surface area contributed by atoms with Crippen LogP contribution in [-0.4, -0.2) is 56.5 Å². The zero-order chi connectivity index (χ0) is 28.3. The molecule has 3 aromatic rings. The largest absolute Gasteiger partial charge is 0.493 e. The molecular formula is C35H32N2O4. The van der Waals surface area contributed by atoms with Crippen LogP contribution in [0.1, 0.15) is 46.3 Å². The van der Waals surface area contributed by atoms with Gasteiger partial charge >= 0.3 is 0 Å². The number of hydrogen-bond acceptors (Lipinski definition) is 5. The number of amides is 1. The Kier molecular flexibility index (Phi) is 9.50. The molecular weight excluding hydrogens is 512 g/mol. The predicted molar refractivity (Wildman–Crippen MR) is 161 cm³/mol. The lowest BCUT2D eigenvalue weighted by atomic mass is 10.1. The number of aliphatic imine (C=N–C) groups is 1. The van der Waals surface area contributed by atoms with Crippen LogP contribution >= 0.6 is 0 Å². The highest BCUT2D eigenvalue weighted by Crippen LogP contribution is 2.38. The van der Waals surface area contributed by atoms with E-state index in [2.05, 4.69) is 28.7 Å². The van der Waals surface area contributed by atoms with Crippen LogP contribution in [0.25, 0.3) is 0 Å². The molecule has 1 atom stereocenters. The molecule has 5 rings (SSSR count). The maximum Gasteiger partial charge on any atom is 0.256 e. The number of fused-ring (bicyclic) bond motifs is 2. The highest BCUT2D eigenvalue weighted by atomic mass is 16.5. The maximum absolute atomic E-state index is 13.0. The number of carbonyl (C=O) groups excluding carboxylic acids is 1. The number of ether oxygens (including phenoxy) is 3.